The van der Waals surface area contributed by atoms with Crippen molar-refractivity contribution in [3.05, 3.63) is 23.8 Å². The van der Waals surface area contributed by atoms with E-state index in [0.29, 0.717) is 11.4 Å². The second-order valence-electron chi connectivity index (χ2n) is 5.08. The van der Waals surface area contributed by atoms with Crippen LogP contribution in [0.5, 0.6) is 0 Å². The topological polar surface area (TPSA) is 78.7 Å². The number of nitrogens with one attached hydrogen (secondary N) is 1. The van der Waals surface area contributed by atoms with Crippen molar-refractivity contribution in [2.45, 2.75) is 6.92 Å². The zero-order valence-corrected chi connectivity index (χ0v) is 12.4. The van der Waals surface area contributed by atoms with Crippen molar-refractivity contribution in [1.29, 1.82) is 0 Å². The Morgan fingerprint density at radius 3 is 2.40 bits per heavy atom. The molecule has 0 saturated carbocycles. The number of rotatable bonds is 5. The minimum Gasteiger partial charge on any atom is -0.398 e. The first-order valence-corrected chi connectivity index (χ1v) is 6.34. The van der Waals surface area contributed by atoms with Gasteiger partial charge in [0.15, 0.2) is 0 Å². The first kappa shape index (κ1) is 16.0. The van der Waals surface area contributed by atoms with Crippen molar-refractivity contribution in [2.75, 3.05) is 45.3 Å². The predicted octanol–water partition coefficient (Wildman–Crippen LogP) is 0.536. The van der Waals surface area contributed by atoms with Crippen molar-refractivity contribution < 1.29 is 9.59 Å². The number of nitrogen functional groups attached to an aromatic ring is 1. The molecule has 1 rings (SSSR count). The fraction of sp³-hybridized carbons (Fsp3) is 0.429. The number of carbonyl (C=O) groups is 2. The Bertz CT molecular complexity index is 500. The fourth-order valence-corrected chi connectivity index (χ4v) is 1.59. The highest BCUT2D eigenvalue weighted by molar-refractivity contribution is 5.93. The lowest BCUT2D eigenvalue weighted by Crippen LogP contribution is -2.38. The van der Waals surface area contributed by atoms with Crippen molar-refractivity contribution in [2.24, 2.45) is 0 Å². The predicted molar refractivity (Wildman–Crippen MR) is 80.4 cm³/mol. The number of benzene rings is 1. The largest absolute Gasteiger partial charge is 0.398 e. The summed E-state index contributed by atoms with van der Waals surface area (Å²) in [6.07, 6.45) is 0. The van der Waals surface area contributed by atoms with E-state index in [1.165, 1.54) is 4.90 Å². The molecular formula is C14H22N4O2. The van der Waals surface area contributed by atoms with Crippen LogP contribution >= 0.6 is 0 Å². The van der Waals surface area contributed by atoms with E-state index >= 15 is 0 Å². The summed E-state index contributed by atoms with van der Waals surface area (Å²) in [4.78, 5) is 26.5. The number of aryl methyl sites for hydroxylation is 1. The number of amides is 2. The van der Waals surface area contributed by atoms with Gasteiger partial charge in [0.05, 0.1) is 13.1 Å². The molecule has 0 radical (unpaired) electrons. The van der Waals surface area contributed by atoms with Crippen LogP contribution in [0.3, 0.4) is 0 Å². The van der Waals surface area contributed by atoms with E-state index in [2.05, 4.69) is 5.32 Å². The Kier molecular flexibility index (Phi) is 5.52. The molecule has 0 saturated heterocycles. The molecule has 0 heterocycles. The minimum absolute atomic E-state index is 0.0418. The van der Waals surface area contributed by atoms with Gasteiger partial charge in [-0.3, -0.25) is 14.5 Å². The number of nitrogens with two attached hydrogens (primary N) is 1. The summed E-state index contributed by atoms with van der Waals surface area (Å²) in [6, 6.07) is 5.37. The molecule has 1 aromatic carbocycles. The Balaban J connectivity index is 2.50. The molecule has 0 atom stereocenters. The maximum absolute atomic E-state index is 11.9. The molecular weight excluding hydrogens is 256 g/mol. The molecule has 0 fully saturated rings. The lowest BCUT2D eigenvalue weighted by atomic mass is 10.2. The molecule has 6 heteroatoms. The molecule has 6 nitrogen and oxygen atoms in total. The number of nitrogens with zero attached hydrogens (tertiary/aromatic N) is 2. The maximum Gasteiger partial charge on any atom is 0.238 e. The highest BCUT2D eigenvalue weighted by atomic mass is 16.2. The van der Waals surface area contributed by atoms with Crippen LogP contribution in [0.25, 0.3) is 0 Å². The molecule has 0 unspecified atom stereocenters. The lowest BCUT2D eigenvalue weighted by Gasteiger charge is -2.18. The monoisotopic (exact) mass is 278 g/mol. The van der Waals surface area contributed by atoms with Gasteiger partial charge in [-0.05, 0) is 31.7 Å². The summed E-state index contributed by atoms with van der Waals surface area (Å²) >= 11 is 0. The number of carbonyl (C=O) groups excluding carboxylic acids is 2. The van der Waals surface area contributed by atoms with Crippen LogP contribution in [-0.4, -0.2) is 55.8 Å². The van der Waals surface area contributed by atoms with Gasteiger partial charge in [0, 0.05) is 25.5 Å². The van der Waals surface area contributed by atoms with Crippen LogP contribution in [0.15, 0.2) is 18.2 Å². The standard InChI is InChI=1S/C14H22N4O2/c1-10-5-6-11(7-12(10)15)16-13(19)8-18(4)9-14(20)17(2)3/h5-7H,8-9,15H2,1-4H3,(H,16,19). The maximum atomic E-state index is 11.9. The van der Waals surface area contributed by atoms with E-state index in [-0.39, 0.29) is 24.9 Å². The number of hydrogen-bond acceptors (Lipinski definition) is 4. The Morgan fingerprint density at radius 2 is 1.85 bits per heavy atom. The van der Waals surface area contributed by atoms with E-state index in [1.807, 2.05) is 13.0 Å². The van der Waals surface area contributed by atoms with Crippen LogP contribution in [-0.2, 0) is 9.59 Å². The molecule has 2 amide bonds. The summed E-state index contributed by atoms with van der Waals surface area (Å²) in [5.41, 5.74) is 8.05. The Labute approximate surface area is 119 Å². The van der Waals surface area contributed by atoms with Crippen LogP contribution < -0.4 is 11.1 Å². The third kappa shape index (κ3) is 4.89. The van der Waals surface area contributed by atoms with Gasteiger partial charge < -0.3 is 16.0 Å². The quantitative estimate of drug-likeness (QED) is 0.770. The van der Waals surface area contributed by atoms with Crippen molar-refractivity contribution >= 4 is 23.2 Å². The molecule has 0 aliphatic heterocycles. The third-order valence-corrected chi connectivity index (χ3v) is 2.88. The number of hydrogen-bond donors (Lipinski definition) is 2. The molecule has 20 heavy (non-hydrogen) atoms. The summed E-state index contributed by atoms with van der Waals surface area (Å²) in [6.45, 7) is 2.26. The Morgan fingerprint density at radius 1 is 1.20 bits per heavy atom. The van der Waals surface area contributed by atoms with Crippen LogP contribution in [0.2, 0.25) is 0 Å². The van der Waals surface area contributed by atoms with E-state index < -0.39 is 0 Å². The third-order valence-electron chi connectivity index (χ3n) is 2.88. The molecule has 0 aromatic heterocycles. The first-order valence-electron chi connectivity index (χ1n) is 6.34. The van der Waals surface area contributed by atoms with Gasteiger partial charge in [0.25, 0.3) is 0 Å². The molecule has 3 N–H and O–H groups in total. The lowest BCUT2D eigenvalue weighted by molar-refractivity contribution is -0.130. The molecule has 110 valence electrons. The second-order valence-corrected chi connectivity index (χ2v) is 5.08. The van der Waals surface area contributed by atoms with Crippen molar-refractivity contribution in [1.82, 2.24) is 9.80 Å². The average molecular weight is 278 g/mol. The number of likely N-dealkylation sites (N-methyl/N-ethyl adjacent to an activating group) is 2. The zero-order valence-electron chi connectivity index (χ0n) is 12.4. The summed E-state index contributed by atoms with van der Waals surface area (Å²) < 4.78 is 0. The van der Waals surface area contributed by atoms with Gasteiger partial charge >= 0.3 is 0 Å². The van der Waals surface area contributed by atoms with E-state index in [1.54, 1.807) is 38.2 Å². The first-order chi connectivity index (χ1) is 9.29. The average Bonchev–Trinajstić information content (AvgIpc) is 2.33. The van der Waals surface area contributed by atoms with Gasteiger partial charge in [0.2, 0.25) is 11.8 Å². The fourth-order valence-electron chi connectivity index (χ4n) is 1.59. The van der Waals surface area contributed by atoms with E-state index in [4.69, 9.17) is 5.73 Å². The summed E-state index contributed by atoms with van der Waals surface area (Å²) in [5, 5.41) is 2.76. The smallest absolute Gasteiger partial charge is 0.238 e. The van der Waals surface area contributed by atoms with Gasteiger partial charge in [-0.1, -0.05) is 6.07 Å². The van der Waals surface area contributed by atoms with Crippen LogP contribution in [0.1, 0.15) is 5.56 Å². The van der Waals surface area contributed by atoms with Crippen LogP contribution in [0, 0.1) is 6.92 Å². The van der Waals surface area contributed by atoms with Gasteiger partial charge in [-0.25, -0.2) is 0 Å². The van der Waals surface area contributed by atoms with Crippen molar-refractivity contribution in [3.8, 4) is 0 Å². The van der Waals surface area contributed by atoms with Crippen molar-refractivity contribution in [3.63, 3.8) is 0 Å². The molecule has 1 aromatic rings. The Hall–Kier alpha value is -2.08. The summed E-state index contributed by atoms with van der Waals surface area (Å²) in [5.74, 6) is -0.220. The summed E-state index contributed by atoms with van der Waals surface area (Å²) in [7, 11) is 5.10. The van der Waals surface area contributed by atoms with Crippen LogP contribution in [0.4, 0.5) is 11.4 Å². The minimum atomic E-state index is -0.178. The molecule has 0 spiro atoms. The van der Waals surface area contributed by atoms with Gasteiger partial charge in [-0.15, -0.1) is 0 Å². The second kappa shape index (κ2) is 6.91. The molecule has 0 bridgehead atoms. The molecule has 0 aliphatic carbocycles. The van der Waals surface area contributed by atoms with Gasteiger partial charge in [-0.2, -0.15) is 0 Å². The number of anilines is 2. The van der Waals surface area contributed by atoms with E-state index in [9.17, 15) is 9.59 Å². The zero-order chi connectivity index (χ0) is 15.3. The normalized spacial score (nSPS) is 10.4. The van der Waals surface area contributed by atoms with Gasteiger partial charge in [0.1, 0.15) is 0 Å². The molecule has 0 aliphatic rings. The highest BCUT2D eigenvalue weighted by Gasteiger charge is 2.12. The highest BCUT2D eigenvalue weighted by Crippen LogP contribution is 2.16. The van der Waals surface area contributed by atoms with E-state index in [0.717, 1.165) is 5.56 Å². The SMILES string of the molecule is Cc1ccc(NC(=O)CN(C)CC(=O)N(C)C)cc1N.